The maximum absolute atomic E-state index is 13.4. The number of halogens is 3. The van der Waals surface area contributed by atoms with E-state index in [0.29, 0.717) is 62.7 Å². The number of likely N-dealkylation sites (tertiary alicyclic amines) is 1. The van der Waals surface area contributed by atoms with Crippen LogP contribution in [0.1, 0.15) is 44.1 Å². The molecule has 2 aliphatic rings. The third kappa shape index (κ3) is 7.09. The zero-order chi connectivity index (χ0) is 26.8. The molecule has 0 radical (unpaired) electrons. The SMILES string of the molecule is CC(C)(C)OC(=O)N1CCC[C@@H](COc2ccc3c(c2)cc(C(=O)N2CCOCC2)n3CC(F)(F)F)C1. The van der Waals surface area contributed by atoms with E-state index >= 15 is 0 Å². The highest BCUT2D eigenvalue weighted by Crippen LogP contribution is 2.30. The minimum Gasteiger partial charge on any atom is -0.493 e. The number of carbonyl (C=O) groups is 2. The average Bonchev–Trinajstić information content (AvgIpc) is 3.18. The van der Waals surface area contributed by atoms with Gasteiger partial charge in [0.05, 0.1) is 19.8 Å². The summed E-state index contributed by atoms with van der Waals surface area (Å²) in [6, 6.07) is 6.33. The van der Waals surface area contributed by atoms with E-state index in [4.69, 9.17) is 14.2 Å². The van der Waals surface area contributed by atoms with Gasteiger partial charge in [-0.05, 0) is 57.9 Å². The number of ether oxygens (including phenoxy) is 3. The van der Waals surface area contributed by atoms with Crippen LogP contribution in [0, 0.1) is 5.92 Å². The van der Waals surface area contributed by atoms with Crippen molar-refractivity contribution in [2.24, 2.45) is 5.92 Å². The van der Waals surface area contributed by atoms with Crippen molar-refractivity contribution in [3.63, 3.8) is 0 Å². The van der Waals surface area contributed by atoms with Crippen LogP contribution in [-0.2, 0) is 16.0 Å². The fourth-order valence-corrected chi connectivity index (χ4v) is 4.70. The van der Waals surface area contributed by atoms with E-state index in [-0.39, 0.29) is 17.7 Å². The molecular formula is C26H34F3N3O5. The van der Waals surface area contributed by atoms with E-state index < -0.39 is 24.2 Å². The van der Waals surface area contributed by atoms with Gasteiger partial charge in [-0.2, -0.15) is 13.2 Å². The lowest BCUT2D eigenvalue weighted by Gasteiger charge is -2.34. The molecule has 3 heterocycles. The fraction of sp³-hybridized carbons (Fsp3) is 0.615. The molecule has 1 aromatic heterocycles. The van der Waals surface area contributed by atoms with Crippen LogP contribution in [0.4, 0.5) is 18.0 Å². The van der Waals surface area contributed by atoms with Gasteiger partial charge in [0.15, 0.2) is 0 Å². The summed E-state index contributed by atoms with van der Waals surface area (Å²) in [6.45, 7) is 7.10. The second kappa shape index (κ2) is 10.8. The molecule has 204 valence electrons. The summed E-state index contributed by atoms with van der Waals surface area (Å²) in [7, 11) is 0. The molecule has 0 N–H and O–H groups in total. The van der Waals surface area contributed by atoms with Crippen LogP contribution in [0.15, 0.2) is 24.3 Å². The maximum atomic E-state index is 13.4. The number of morpholine rings is 1. The summed E-state index contributed by atoms with van der Waals surface area (Å²) in [4.78, 5) is 28.7. The third-order valence-electron chi connectivity index (χ3n) is 6.38. The van der Waals surface area contributed by atoms with E-state index in [9.17, 15) is 22.8 Å². The standard InChI is InChI=1S/C26H34F3N3O5/c1-25(2,3)37-24(34)31-8-4-5-18(15-31)16-36-20-6-7-21-19(13-20)14-22(32(21)17-26(27,28)29)23(33)30-9-11-35-12-10-30/h6-7,13-14,18H,4-5,8-12,15-17H2,1-3H3/t18-/m1/s1. The lowest BCUT2D eigenvalue weighted by molar-refractivity contribution is -0.140. The first kappa shape index (κ1) is 27.1. The van der Waals surface area contributed by atoms with Gasteiger partial charge in [0.2, 0.25) is 0 Å². The molecule has 0 bridgehead atoms. The Morgan fingerprint density at radius 2 is 1.78 bits per heavy atom. The number of benzene rings is 1. The summed E-state index contributed by atoms with van der Waals surface area (Å²) in [5.74, 6) is 0.150. The first-order valence-corrected chi connectivity index (χ1v) is 12.6. The first-order chi connectivity index (χ1) is 17.4. The highest BCUT2D eigenvalue weighted by atomic mass is 19.4. The summed E-state index contributed by atoms with van der Waals surface area (Å²) in [5.41, 5.74) is -0.262. The minimum absolute atomic E-state index is 0.00772. The Morgan fingerprint density at radius 1 is 1.05 bits per heavy atom. The monoisotopic (exact) mass is 525 g/mol. The topological polar surface area (TPSA) is 73.2 Å². The van der Waals surface area contributed by atoms with Gasteiger partial charge in [-0.15, -0.1) is 0 Å². The Labute approximate surface area is 214 Å². The molecule has 0 spiro atoms. The van der Waals surface area contributed by atoms with Gasteiger partial charge in [-0.25, -0.2) is 4.79 Å². The number of alkyl halides is 3. The molecule has 8 nitrogen and oxygen atoms in total. The number of hydrogen-bond donors (Lipinski definition) is 0. The molecular weight excluding hydrogens is 491 g/mol. The second-order valence-corrected chi connectivity index (χ2v) is 10.6. The van der Waals surface area contributed by atoms with Crippen LogP contribution in [0.2, 0.25) is 0 Å². The number of amides is 2. The molecule has 2 aromatic rings. The van der Waals surface area contributed by atoms with Crippen molar-refractivity contribution in [2.45, 2.75) is 51.9 Å². The number of carbonyl (C=O) groups excluding carboxylic acids is 2. The van der Waals surface area contributed by atoms with Crippen molar-refractivity contribution in [1.82, 2.24) is 14.4 Å². The van der Waals surface area contributed by atoms with Crippen molar-refractivity contribution in [3.05, 3.63) is 30.0 Å². The van der Waals surface area contributed by atoms with E-state index in [1.54, 1.807) is 23.1 Å². The van der Waals surface area contributed by atoms with Gasteiger partial charge in [-0.1, -0.05) is 0 Å². The molecule has 2 amide bonds. The molecule has 4 rings (SSSR count). The molecule has 1 atom stereocenters. The predicted molar refractivity (Wildman–Crippen MR) is 131 cm³/mol. The van der Waals surface area contributed by atoms with Crippen molar-refractivity contribution in [2.75, 3.05) is 46.0 Å². The van der Waals surface area contributed by atoms with Crippen molar-refractivity contribution < 1.29 is 37.0 Å². The normalized spacial score (nSPS) is 19.2. The van der Waals surface area contributed by atoms with Crippen molar-refractivity contribution >= 4 is 22.9 Å². The van der Waals surface area contributed by atoms with Gasteiger partial charge >= 0.3 is 12.3 Å². The van der Waals surface area contributed by atoms with E-state index in [2.05, 4.69) is 0 Å². The number of nitrogens with zero attached hydrogens (tertiary/aromatic N) is 3. The molecule has 2 fully saturated rings. The smallest absolute Gasteiger partial charge is 0.410 e. The van der Waals surface area contributed by atoms with Gasteiger partial charge < -0.3 is 28.6 Å². The van der Waals surface area contributed by atoms with Gasteiger partial charge in [0.1, 0.15) is 23.6 Å². The summed E-state index contributed by atoms with van der Waals surface area (Å²) in [5, 5.41) is 0.498. The van der Waals surface area contributed by atoms with Crippen LogP contribution < -0.4 is 4.74 Å². The van der Waals surface area contributed by atoms with Gasteiger partial charge in [0.25, 0.3) is 5.91 Å². The second-order valence-electron chi connectivity index (χ2n) is 10.6. The number of rotatable bonds is 5. The van der Waals surface area contributed by atoms with Crippen LogP contribution in [-0.4, -0.2) is 84.1 Å². The summed E-state index contributed by atoms with van der Waals surface area (Å²) < 4.78 is 57.9. The van der Waals surface area contributed by atoms with Gasteiger partial charge in [-0.3, -0.25) is 4.79 Å². The highest BCUT2D eigenvalue weighted by Gasteiger charge is 2.33. The van der Waals surface area contributed by atoms with Gasteiger partial charge in [0, 0.05) is 43.0 Å². The zero-order valence-corrected chi connectivity index (χ0v) is 21.5. The molecule has 0 aliphatic carbocycles. The Balaban J connectivity index is 1.48. The molecule has 11 heteroatoms. The predicted octanol–water partition coefficient (Wildman–Crippen LogP) is 4.70. The van der Waals surface area contributed by atoms with Crippen LogP contribution in [0.25, 0.3) is 10.9 Å². The number of hydrogen-bond acceptors (Lipinski definition) is 5. The van der Waals surface area contributed by atoms with Crippen molar-refractivity contribution in [3.8, 4) is 5.75 Å². The largest absolute Gasteiger partial charge is 0.493 e. The maximum Gasteiger partial charge on any atom is 0.410 e. The average molecular weight is 526 g/mol. The lowest BCUT2D eigenvalue weighted by atomic mass is 9.99. The third-order valence-corrected chi connectivity index (χ3v) is 6.38. The van der Waals surface area contributed by atoms with Crippen LogP contribution in [0.5, 0.6) is 5.75 Å². The fourth-order valence-electron chi connectivity index (χ4n) is 4.70. The Kier molecular flexibility index (Phi) is 7.91. The molecule has 2 aliphatic heterocycles. The molecule has 37 heavy (non-hydrogen) atoms. The van der Waals surface area contributed by atoms with Crippen molar-refractivity contribution in [1.29, 1.82) is 0 Å². The number of fused-ring (bicyclic) bond motifs is 1. The lowest BCUT2D eigenvalue weighted by Crippen LogP contribution is -2.44. The van der Waals surface area contributed by atoms with E-state index in [1.165, 1.54) is 11.0 Å². The summed E-state index contributed by atoms with van der Waals surface area (Å²) in [6.07, 6.45) is -3.11. The van der Waals surface area contributed by atoms with E-state index in [0.717, 1.165) is 17.4 Å². The van der Waals surface area contributed by atoms with Crippen LogP contribution >= 0.6 is 0 Å². The molecule has 1 aromatic carbocycles. The van der Waals surface area contributed by atoms with E-state index in [1.807, 2.05) is 20.8 Å². The molecule has 0 unspecified atom stereocenters. The first-order valence-electron chi connectivity index (χ1n) is 12.6. The molecule has 2 saturated heterocycles. The Morgan fingerprint density at radius 3 is 2.46 bits per heavy atom. The Hall–Kier alpha value is -2.95. The molecule has 0 saturated carbocycles. The summed E-state index contributed by atoms with van der Waals surface area (Å²) >= 11 is 0. The quantitative estimate of drug-likeness (QED) is 0.566. The highest BCUT2D eigenvalue weighted by molar-refractivity contribution is 5.99. The van der Waals surface area contributed by atoms with Crippen LogP contribution in [0.3, 0.4) is 0 Å². The minimum atomic E-state index is -4.48. The number of aromatic nitrogens is 1. The zero-order valence-electron chi connectivity index (χ0n) is 21.5. The Bertz CT molecular complexity index is 1120. The number of piperidine rings is 1.